The topological polar surface area (TPSA) is 56.3 Å². The van der Waals surface area contributed by atoms with Crippen LogP contribution < -0.4 is 5.32 Å². The lowest BCUT2D eigenvalue weighted by Crippen LogP contribution is -2.41. The number of benzene rings is 1. The summed E-state index contributed by atoms with van der Waals surface area (Å²) in [7, 11) is 1.52. The summed E-state index contributed by atoms with van der Waals surface area (Å²) >= 11 is 5.95. The number of hydrogen-bond acceptors (Lipinski definition) is 5. The molecule has 1 aromatic carbocycles. The zero-order valence-corrected chi connectivity index (χ0v) is 16.0. The summed E-state index contributed by atoms with van der Waals surface area (Å²) in [6.07, 6.45) is 3.62. The molecule has 1 N–H and O–H groups in total. The first-order valence-electron chi connectivity index (χ1n) is 8.35. The average molecular weight is 360 g/mol. The highest BCUT2D eigenvalue weighted by Crippen LogP contribution is 2.38. The minimum Gasteiger partial charge on any atom is -0.400 e. The van der Waals surface area contributed by atoms with Crippen molar-refractivity contribution in [3.8, 4) is 0 Å². The van der Waals surface area contributed by atoms with E-state index in [0.29, 0.717) is 11.7 Å². The fourth-order valence-electron chi connectivity index (χ4n) is 2.71. The molecule has 0 radical (unpaired) electrons. The largest absolute Gasteiger partial charge is 0.491 e. The molecule has 1 saturated heterocycles. The van der Waals surface area contributed by atoms with Crippen LogP contribution in [-0.4, -0.2) is 41.9 Å². The summed E-state index contributed by atoms with van der Waals surface area (Å²) in [5.41, 5.74) is 2.87. The van der Waals surface area contributed by atoms with Crippen LogP contribution in [0.15, 0.2) is 29.9 Å². The number of aromatic nitrogens is 2. The molecule has 0 bridgehead atoms. The Kier molecular flexibility index (Phi) is 4.90. The maximum atomic E-state index is 6.18. The van der Waals surface area contributed by atoms with Crippen molar-refractivity contribution in [1.29, 1.82) is 0 Å². The van der Waals surface area contributed by atoms with E-state index in [2.05, 4.69) is 49.1 Å². The number of rotatable bonds is 4. The van der Waals surface area contributed by atoms with Gasteiger partial charge in [-0.1, -0.05) is 23.7 Å². The Hall–Kier alpha value is -1.47. The summed E-state index contributed by atoms with van der Waals surface area (Å²) in [4.78, 5) is 8.60. The lowest BCUT2D eigenvalue weighted by Gasteiger charge is -2.32. The summed E-state index contributed by atoms with van der Waals surface area (Å²) in [6.45, 7) is 8.88. The molecule has 0 amide bonds. The van der Waals surface area contributed by atoms with Crippen molar-refractivity contribution in [2.24, 2.45) is 0 Å². The van der Waals surface area contributed by atoms with Gasteiger partial charge in [-0.3, -0.25) is 4.98 Å². The average Bonchev–Trinajstić information content (AvgIpc) is 2.74. The number of likely N-dealkylation sites (N-methyl/N-ethyl adjacent to an activating group) is 1. The first-order chi connectivity index (χ1) is 11.7. The SMILES string of the molecule is CNCC(=Cc1ccc2ncc(Cl)nc2c1)B1OC(C)(C)C(C)(C)O1. The van der Waals surface area contributed by atoms with Crippen LogP contribution in [0.4, 0.5) is 0 Å². The third-order valence-corrected chi connectivity index (χ3v) is 5.01. The van der Waals surface area contributed by atoms with Gasteiger partial charge in [-0.25, -0.2) is 4.98 Å². The minimum absolute atomic E-state index is 0.368. The van der Waals surface area contributed by atoms with Crippen molar-refractivity contribution in [3.05, 3.63) is 40.6 Å². The van der Waals surface area contributed by atoms with Gasteiger partial charge in [0.2, 0.25) is 0 Å². The Bertz CT molecular complexity index is 807. The number of nitrogens with one attached hydrogen (secondary N) is 1. The Morgan fingerprint density at radius 2 is 1.88 bits per heavy atom. The van der Waals surface area contributed by atoms with Gasteiger partial charge in [0.1, 0.15) is 5.15 Å². The van der Waals surface area contributed by atoms with Gasteiger partial charge in [-0.2, -0.15) is 0 Å². The maximum Gasteiger partial charge on any atom is 0.491 e. The standard InChI is InChI=1S/C18H23BClN3O2/c1-17(2)18(3,4)25-19(24-17)13(10-21-5)8-12-6-7-14-15(9-12)23-16(20)11-22-14/h6-9,11,21H,10H2,1-5H3. The molecular weight excluding hydrogens is 336 g/mol. The quantitative estimate of drug-likeness (QED) is 0.847. The second-order valence-corrected chi connectivity index (χ2v) is 7.67. The molecule has 1 aromatic heterocycles. The van der Waals surface area contributed by atoms with Gasteiger partial charge >= 0.3 is 7.12 Å². The van der Waals surface area contributed by atoms with Crippen LogP contribution in [0, 0.1) is 0 Å². The van der Waals surface area contributed by atoms with E-state index in [1.165, 1.54) is 0 Å². The van der Waals surface area contributed by atoms with Gasteiger partial charge in [0.25, 0.3) is 0 Å². The Morgan fingerprint density at radius 3 is 2.52 bits per heavy atom. The van der Waals surface area contributed by atoms with Crippen molar-refractivity contribution < 1.29 is 9.31 Å². The number of hydrogen-bond donors (Lipinski definition) is 1. The molecule has 0 spiro atoms. The monoisotopic (exact) mass is 359 g/mol. The minimum atomic E-state index is -0.390. The van der Waals surface area contributed by atoms with Crippen LogP contribution >= 0.6 is 11.6 Å². The highest BCUT2D eigenvalue weighted by molar-refractivity contribution is 6.55. The maximum absolute atomic E-state index is 6.18. The molecule has 132 valence electrons. The van der Waals surface area contributed by atoms with Gasteiger partial charge in [-0.15, -0.1) is 0 Å². The first-order valence-corrected chi connectivity index (χ1v) is 8.73. The molecule has 0 saturated carbocycles. The molecule has 1 aliphatic rings. The predicted molar refractivity (Wildman–Crippen MR) is 103 cm³/mol. The Balaban J connectivity index is 1.95. The van der Waals surface area contributed by atoms with Crippen molar-refractivity contribution >= 4 is 35.8 Å². The van der Waals surface area contributed by atoms with Crippen LogP contribution in [0.3, 0.4) is 0 Å². The van der Waals surface area contributed by atoms with Crippen molar-refractivity contribution in [2.75, 3.05) is 13.6 Å². The van der Waals surface area contributed by atoms with Crippen LogP contribution in [0.2, 0.25) is 5.15 Å². The Morgan fingerprint density at radius 1 is 1.20 bits per heavy atom. The molecule has 5 nitrogen and oxygen atoms in total. The van der Waals surface area contributed by atoms with Gasteiger partial charge in [0.05, 0.1) is 28.4 Å². The number of halogens is 1. The molecule has 2 heterocycles. The van der Waals surface area contributed by atoms with Gasteiger partial charge in [-0.05, 0) is 57.9 Å². The zero-order valence-electron chi connectivity index (χ0n) is 15.3. The smallest absolute Gasteiger partial charge is 0.400 e. The van der Waals surface area contributed by atoms with Gasteiger partial charge in [0, 0.05) is 6.54 Å². The second kappa shape index (κ2) is 6.69. The van der Waals surface area contributed by atoms with Crippen molar-refractivity contribution in [2.45, 2.75) is 38.9 Å². The van der Waals surface area contributed by atoms with Gasteiger partial charge in [0.15, 0.2) is 0 Å². The molecule has 25 heavy (non-hydrogen) atoms. The molecule has 1 fully saturated rings. The Labute approximate surface area is 153 Å². The highest BCUT2D eigenvalue weighted by Gasteiger charge is 2.52. The normalized spacial score (nSPS) is 19.6. The van der Waals surface area contributed by atoms with E-state index < -0.39 is 7.12 Å². The second-order valence-electron chi connectivity index (χ2n) is 7.28. The third kappa shape index (κ3) is 3.72. The fraction of sp³-hybridized carbons (Fsp3) is 0.444. The van der Waals surface area contributed by atoms with E-state index >= 15 is 0 Å². The van der Waals surface area contributed by atoms with E-state index in [0.717, 1.165) is 22.1 Å². The number of nitrogens with zero attached hydrogens (tertiary/aromatic N) is 2. The van der Waals surface area contributed by atoms with E-state index in [1.807, 2.05) is 25.2 Å². The molecule has 0 unspecified atom stereocenters. The summed E-state index contributed by atoms with van der Waals surface area (Å²) < 4.78 is 12.4. The van der Waals surface area contributed by atoms with Crippen molar-refractivity contribution in [3.63, 3.8) is 0 Å². The van der Waals surface area contributed by atoms with E-state index in [4.69, 9.17) is 20.9 Å². The van der Waals surface area contributed by atoms with Gasteiger partial charge < -0.3 is 14.6 Å². The highest BCUT2D eigenvalue weighted by atomic mass is 35.5. The van der Waals surface area contributed by atoms with Crippen LogP contribution in [0.5, 0.6) is 0 Å². The first kappa shape index (κ1) is 18.3. The van der Waals surface area contributed by atoms with E-state index in [-0.39, 0.29) is 11.2 Å². The molecule has 0 aliphatic carbocycles. The lowest BCUT2D eigenvalue weighted by atomic mass is 9.77. The predicted octanol–water partition coefficient (Wildman–Crippen LogP) is 3.52. The third-order valence-electron chi connectivity index (χ3n) is 4.83. The van der Waals surface area contributed by atoms with Crippen LogP contribution in [-0.2, 0) is 9.31 Å². The summed E-state index contributed by atoms with van der Waals surface area (Å²) in [5.74, 6) is 0. The summed E-state index contributed by atoms with van der Waals surface area (Å²) in [5, 5.41) is 3.57. The molecule has 3 rings (SSSR count). The zero-order chi connectivity index (χ0) is 18.2. The van der Waals surface area contributed by atoms with E-state index in [9.17, 15) is 0 Å². The molecule has 0 atom stereocenters. The van der Waals surface area contributed by atoms with Crippen LogP contribution in [0.25, 0.3) is 17.1 Å². The molecule has 1 aliphatic heterocycles. The van der Waals surface area contributed by atoms with Crippen LogP contribution in [0.1, 0.15) is 33.3 Å². The van der Waals surface area contributed by atoms with E-state index in [1.54, 1.807) is 6.20 Å². The molecule has 2 aromatic rings. The molecular formula is C18H23BClN3O2. The molecule has 7 heteroatoms. The van der Waals surface area contributed by atoms with Crippen molar-refractivity contribution in [1.82, 2.24) is 15.3 Å². The fourth-order valence-corrected chi connectivity index (χ4v) is 2.85. The lowest BCUT2D eigenvalue weighted by molar-refractivity contribution is 0.00578. The summed E-state index contributed by atoms with van der Waals surface area (Å²) in [6, 6.07) is 5.91. The number of fused-ring (bicyclic) bond motifs is 1.